The molecule has 1 heterocycles. The van der Waals surface area contributed by atoms with Crippen LogP contribution in [0.4, 0.5) is 10.5 Å². The fourth-order valence-corrected chi connectivity index (χ4v) is 2.82. The minimum Gasteiger partial charge on any atom is -0.508 e. The predicted molar refractivity (Wildman–Crippen MR) is 102 cm³/mol. The summed E-state index contributed by atoms with van der Waals surface area (Å²) in [6.07, 6.45) is 2.38. The average Bonchev–Trinajstić information content (AvgIpc) is 2.66. The fourth-order valence-electron chi connectivity index (χ4n) is 2.82. The summed E-state index contributed by atoms with van der Waals surface area (Å²) in [7, 11) is 0. The van der Waals surface area contributed by atoms with Crippen molar-refractivity contribution in [2.24, 2.45) is 0 Å². The van der Waals surface area contributed by atoms with Gasteiger partial charge in [-0.25, -0.2) is 9.69 Å². The molecule has 1 saturated heterocycles. The highest BCUT2D eigenvalue weighted by atomic mass is 16.3. The van der Waals surface area contributed by atoms with Crippen molar-refractivity contribution < 1.29 is 19.5 Å². The van der Waals surface area contributed by atoms with E-state index in [9.17, 15) is 19.5 Å². The lowest BCUT2D eigenvalue weighted by molar-refractivity contribution is -0.122. The zero-order chi connectivity index (χ0) is 19.6. The van der Waals surface area contributed by atoms with Gasteiger partial charge in [-0.1, -0.05) is 38.1 Å². The molecular weight excluding hydrogens is 344 g/mol. The first-order chi connectivity index (χ1) is 12.9. The molecule has 1 aliphatic rings. The van der Waals surface area contributed by atoms with Crippen molar-refractivity contribution in [3.63, 3.8) is 0 Å². The standard InChI is InChI=1S/C21H20N2O4/c1-3-13(2)15-6-8-16(9-7-15)23-20(26)18(19(25)22-21(23)27)12-14-4-10-17(24)11-5-14/h4-13,24H,3H2,1-2H3,(H,22,25,27). The van der Waals surface area contributed by atoms with Crippen molar-refractivity contribution in [1.29, 1.82) is 0 Å². The van der Waals surface area contributed by atoms with Crippen LogP contribution >= 0.6 is 0 Å². The second-order valence-corrected chi connectivity index (χ2v) is 6.45. The average molecular weight is 364 g/mol. The van der Waals surface area contributed by atoms with E-state index >= 15 is 0 Å². The van der Waals surface area contributed by atoms with Crippen LogP contribution in [0.2, 0.25) is 0 Å². The number of nitrogens with zero attached hydrogens (tertiary/aromatic N) is 1. The number of benzene rings is 2. The summed E-state index contributed by atoms with van der Waals surface area (Å²) in [5, 5.41) is 11.5. The van der Waals surface area contributed by atoms with Gasteiger partial charge in [0.2, 0.25) is 0 Å². The summed E-state index contributed by atoms with van der Waals surface area (Å²) in [6.45, 7) is 4.19. The van der Waals surface area contributed by atoms with Crippen LogP contribution in [0.3, 0.4) is 0 Å². The van der Waals surface area contributed by atoms with Gasteiger partial charge in [0.15, 0.2) is 0 Å². The number of barbiturate groups is 1. The van der Waals surface area contributed by atoms with E-state index in [1.54, 1.807) is 24.3 Å². The van der Waals surface area contributed by atoms with E-state index in [4.69, 9.17) is 0 Å². The van der Waals surface area contributed by atoms with Crippen LogP contribution in [-0.4, -0.2) is 23.0 Å². The Kier molecular flexibility index (Phi) is 5.07. The summed E-state index contributed by atoms with van der Waals surface area (Å²) in [5.74, 6) is -0.982. The Balaban J connectivity index is 1.94. The fraction of sp³-hybridized carbons (Fsp3) is 0.190. The van der Waals surface area contributed by atoms with Crippen molar-refractivity contribution >= 4 is 29.6 Å². The Hall–Kier alpha value is -3.41. The first kappa shape index (κ1) is 18.4. The Morgan fingerprint density at radius 3 is 2.26 bits per heavy atom. The molecule has 0 spiro atoms. The van der Waals surface area contributed by atoms with Gasteiger partial charge in [0.1, 0.15) is 11.3 Å². The van der Waals surface area contributed by atoms with Crippen LogP contribution in [0.25, 0.3) is 6.08 Å². The molecular formula is C21H20N2O4. The number of aromatic hydroxyl groups is 1. The third-order valence-electron chi connectivity index (χ3n) is 4.64. The SMILES string of the molecule is CCC(C)c1ccc(N2C(=O)NC(=O)C(=Cc3ccc(O)cc3)C2=O)cc1. The van der Waals surface area contributed by atoms with Crippen LogP contribution in [0.15, 0.2) is 54.1 Å². The molecule has 1 atom stereocenters. The Bertz CT molecular complexity index is 914. The van der Waals surface area contributed by atoms with Crippen molar-refractivity contribution in [2.75, 3.05) is 4.90 Å². The van der Waals surface area contributed by atoms with Crippen LogP contribution in [0, 0.1) is 0 Å². The number of urea groups is 1. The topological polar surface area (TPSA) is 86.7 Å². The second kappa shape index (κ2) is 7.45. The first-order valence-corrected chi connectivity index (χ1v) is 8.71. The summed E-state index contributed by atoms with van der Waals surface area (Å²) in [6, 6.07) is 12.4. The number of hydrogen-bond donors (Lipinski definition) is 2. The van der Waals surface area contributed by atoms with Crippen molar-refractivity contribution in [2.45, 2.75) is 26.2 Å². The van der Waals surface area contributed by atoms with Gasteiger partial charge < -0.3 is 5.11 Å². The van der Waals surface area contributed by atoms with E-state index in [-0.39, 0.29) is 11.3 Å². The molecule has 0 radical (unpaired) electrons. The van der Waals surface area contributed by atoms with Gasteiger partial charge in [-0.15, -0.1) is 0 Å². The Labute approximate surface area is 157 Å². The van der Waals surface area contributed by atoms with Gasteiger partial charge in [-0.05, 0) is 53.8 Å². The number of rotatable bonds is 4. The lowest BCUT2D eigenvalue weighted by Gasteiger charge is -2.26. The molecule has 6 heteroatoms. The molecule has 0 bridgehead atoms. The van der Waals surface area contributed by atoms with Gasteiger partial charge in [0.05, 0.1) is 5.69 Å². The number of anilines is 1. The molecule has 4 amide bonds. The molecule has 2 N–H and O–H groups in total. The molecule has 2 aromatic carbocycles. The Morgan fingerprint density at radius 2 is 1.67 bits per heavy atom. The van der Waals surface area contributed by atoms with E-state index in [0.717, 1.165) is 16.9 Å². The third-order valence-corrected chi connectivity index (χ3v) is 4.64. The second-order valence-electron chi connectivity index (χ2n) is 6.45. The first-order valence-electron chi connectivity index (χ1n) is 8.71. The van der Waals surface area contributed by atoms with E-state index in [1.165, 1.54) is 18.2 Å². The maximum Gasteiger partial charge on any atom is 0.335 e. The zero-order valence-corrected chi connectivity index (χ0v) is 15.1. The van der Waals surface area contributed by atoms with Crippen LogP contribution < -0.4 is 10.2 Å². The van der Waals surface area contributed by atoms with E-state index in [2.05, 4.69) is 19.2 Å². The normalized spacial score (nSPS) is 17.2. The molecule has 1 fully saturated rings. The maximum absolute atomic E-state index is 12.8. The molecule has 27 heavy (non-hydrogen) atoms. The van der Waals surface area contributed by atoms with Gasteiger partial charge in [0.25, 0.3) is 11.8 Å². The molecule has 3 rings (SSSR count). The van der Waals surface area contributed by atoms with Crippen molar-refractivity contribution in [3.8, 4) is 5.75 Å². The number of amides is 4. The van der Waals surface area contributed by atoms with Gasteiger partial charge in [-0.2, -0.15) is 0 Å². The lowest BCUT2D eigenvalue weighted by atomic mass is 9.98. The number of carbonyl (C=O) groups is 3. The van der Waals surface area contributed by atoms with Gasteiger partial charge in [-0.3, -0.25) is 14.9 Å². The van der Waals surface area contributed by atoms with Gasteiger partial charge in [0, 0.05) is 0 Å². The third kappa shape index (κ3) is 3.74. The minimum atomic E-state index is -0.774. The highest BCUT2D eigenvalue weighted by Crippen LogP contribution is 2.25. The quantitative estimate of drug-likeness (QED) is 0.641. The number of carbonyl (C=O) groups excluding carboxylic acids is 3. The monoisotopic (exact) mass is 364 g/mol. The minimum absolute atomic E-state index is 0.0785. The smallest absolute Gasteiger partial charge is 0.335 e. The highest BCUT2D eigenvalue weighted by Gasteiger charge is 2.36. The summed E-state index contributed by atoms with van der Waals surface area (Å²) < 4.78 is 0. The van der Waals surface area contributed by atoms with E-state index < -0.39 is 17.8 Å². The number of hydrogen-bond acceptors (Lipinski definition) is 4. The predicted octanol–water partition coefficient (Wildman–Crippen LogP) is 3.57. The Morgan fingerprint density at radius 1 is 1.04 bits per heavy atom. The van der Waals surface area contributed by atoms with Crippen LogP contribution in [-0.2, 0) is 9.59 Å². The highest BCUT2D eigenvalue weighted by molar-refractivity contribution is 6.39. The number of nitrogens with one attached hydrogen (secondary N) is 1. The van der Waals surface area contributed by atoms with E-state index in [0.29, 0.717) is 17.2 Å². The molecule has 1 unspecified atom stereocenters. The largest absolute Gasteiger partial charge is 0.508 e. The molecule has 6 nitrogen and oxygen atoms in total. The molecule has 0 aromatic heterocycles. The molecule has 0 aliphatic carbocycles. The zero-order valence-electron chi connectivity index (χ0n) is 15.1. The van der Waals surface area contributed by atoms with Gasteiger partial charge >= 0.3 is 6.03 Å². The number of imide groups is 2. The number of phenols is 1. The summed E-state index contributed by atoms with van der Waals surface area (Å²) in [4.78, 5) is 38.2. The van der Waals surface area contributed by atoms with Crippen LogP contribution in [0.1, 0.15) is 37.3 Å². The van der Waals surface area contributed by atoms with Crippen LogP contribution in [0.5, 0.6) is 5.75 Å². The molecule has 1 aliphatic heterocycles. The summed E-state index contributed by atoms with van der Waals surface area (Å²) in [5.41, 5.74) is 1.93. The summed E-state index contributed by atoms with van der Waals surface area (Å²) >= 11 is 0. The molecule has 138 valence electrons. The lowest BCUT2D eigenvalue weighted by Crippen LogP contribution is -2.54. The van der Waals surface area contributed by atoms with E-state index in [1.807, 2.05) is 12.1 Å². The van der Waals surface area contributed by atoms with Crippen molar-refractivity contribution in [1.82, 2.24) is 5.32 Å². The van der Waals surface area contributed by atoms with Crippen molar-refractivity contribution in [3.05, 3.63) is 65.2 Å². The maximum atomic E-state index is 12.8. The molecule has 2 aromatic rings. The molecule has 0 saturated carbocycles. The number of phenolic OH excluding ortho intramolecular Hbond substituents is 1.